The zero-order chi connectivity index (χ0) is 14.0. The second kappa shape index (κ2) is 4.88. The third kappa shape index (κ3) is 2.59. The van der Waals surface area contributed by atoms with Crippen LogP contribution >= 0.6 is 0 Å². The minimum absolute atomic E-state index is 0.116. The number of ether oxygens (including phenoxy) is 1. The van der Waals surface area contributed by atoms with Crippen LogP contribution in [0.2, 0.25) is 0 Å². The van der Waals surface area contributed by atoms with Crippen LogP contribution in [0.4, 0.5) is 11.6 Å². The van der Waals surface area contributed by atoms with E-state index in [-0.39, 0.29) is 23.2 Å². The van der Waals surface area contributed by atoms with Gasteiger partial charge >= 0.3 is 11.6 Å². The lowest BCUT2D eigenvalue weighted by atomic mass is 10.3. The van der Waals surface area contributed by atoms with Gasteiger partial charge in [-0.25, -0.2) is 4.98 Å². The van der Waals surface area contributed by atoms with E-state index in [1.54, 1.807) is 20.3 Å². The predicted molar refractivity (Wildman–Crippen MR) is 66.3 cm³/mol. The average molecular weight is 264 g/mol. The standard InChI is InChI=1S/C10H12N6O3/c1-6-8(16(17)18)9(14-10(11-2)13-6)19-7-4-12-15(3)5-7/h4-5H,1-3H3,(H,11,13,14). The summed E-state index contributed by atoms with van der Waals surface area (Å²) in [5.74, 6) is 0.502. The van der Waals surface area contributed by atoms with Gasteiger partial charge in [-0.3, -0.25) is 14.8 Å². The van der Waals surface area contributed by atoms with Crippen LogP contribution in [-0.2, 0) is 7.05 Å². The van der Waals surface area contributed by atoms with Crippen LogP contribution in [0.1, 0.15) is 5.69 Å². The van der Waals surface area contributed by atoms with Crippen molar-refractivity contribution in [2.75, 3.05) is 12.4 Å². The number of hydrogen-bond donors (Lipinski definition) is 1. The van der Waals surface area contributed by atoms with Gasteiger partial charge in [0.2, 0.25) is 5.95 Å². The Bertz CT molecular complexity index is 624. The molecule has 9 nitrogen and oxygen atoms in total. The number of nitro groups is 1. The Labute approximate surface area is 108 Å². The molecule has 2 rings (SSSR count). The van der Waals surface area contributed by atoms with Crippen molar-refractivity contribution in [3.8, 4) is 11.6 Å². The van der Waals surface area contributed by atoms with Gasteiger partial charge in [0, 0.05) is 14.1 Å². The highest BCUT2D eigenvalue weighted by atomic mass is 16.6. The molecule has 0 saturated carbocycles. The molecule has 0 aliphatic heterocycles. The number of anilines is 1. The molecule has 2 heterocycles. The Morgan fingerprint density at radius 2 is 2.21 bits per heavy atom. The fraction of sp³-hybridized carbons (Fsp3) is 0.300. The maximum atomic E-state index is 11.0. The Balaban J connectivity index is 2.47. The largest absolute Gasteiger partial charge is 0.430 e. The summed E-state index contributed by atoms with van der Waals surface area (Å²) < 4.78 is 6.92. The number of nitrogens with zero attached hydrogens (tertiary/aromatic N) is 5. The summed E-state index contributed by atoms with van der Waals surface area (Å²) in [6, 6.07) is 0. The van der Waals surface area contributed by atoms with E-state index >= 15 is 0 Å². The Kier molecular flexibility index (Phi) is 3.27. The normalized spacial score (nSPS) is 10.3. The van der Waals surface area contributed by atoms with Gasteiger partial charge in [-0.1, -0.05) is 0 Å². The van der Waals surface area contributed by atoms with Crippen LogP contribution in [0.25, 0.3) is 0 Å². The number of aryl methyl sites for hydroxylation is 2. The molecule has 0 unspecified atom stereocenters. The van der Waals surface area contributed by atoms with E-state index < -0.39 is 4.92 Å². The molecule has 2 aromatic rings. The van der Waals surface area contributed by atoms with E-state index in [4.69, 9.17) is 4.74 Å². The molecule has 0 fully saturated rings. The third-order valence-electron chi connectivity index (χ3n) is 2.33. The maximum absolute atomic E-state index is 11.0. The van der Waals surface area contributed by atoms with Gasteiger partial charge in [-0.05, 0) is 6.92 Å². The van der Waals surface area contributed by atoms with Crippen molar-refractivity contribution in [2.24, 2.45) is 7.05 Å². The Morgan fingerprint density at radius 3 is 2.74 bits per heavy atom. The summed E-state index contributed by atoms with van der Waals surface area (Å²) in [6.45, 7) is 1.52. The molecule has 0 amide bonds. The second-order valence-corrected chi connectivity index (χ2v) is 3.75. The number of aromatic nitrogens is 4. The average Bonchev–Trinajstić information content (AvgIpc) is 2.73. The molecule has 100 valence electrons. The van der Waals surface area contributed by atoms with E-state index in [0.717, 1.165) is 0 Å². The fourth-order valence-corrected chi connectivity index (χ4v) is 1.50. The molecular formula is C10H12N6O3. The van der Waals surface area contributed by atoms with Crippen LogP contribution in [-0.4, -0.2) is 31.7 Å². The highest BCUT2D eigenvalue weighted by molar-refractivity contribution is 5.50. The van der Waals surface area contributed by atoms with Crippen LogP contribution in [0.15, 0.2) is 12.4 Å². The summed E-state index contributed by atoms with van der Waals surface area (Å²) >= 11 is 0. The summed E-state index contributed by atoms with van der Waals surface area (Å²) in [7, 11) is 3.33. The lowest BCUT2D eigenvalue weighted by molar-refractivity contribution is -0.386. The lowest BCUT2D eigenvalue weighted by Gasteiger charge is -2.06. The summed E-state index contributed by atoms with van der Waals surface area (Å²) in [6.07, 6.45) is 3.03. The molecule has 0 bridgehead atoms. The Hall–Kier alpha value is -2.71. The van der Waals surface area contributed by atoms with E-state index in [9.17, 15) is 10.1 Å². The SMILES string of the molecule is CNc1nc(C)c([N+](=O)[O-])c(Oc2cnn(C)c2)n1. The van der Waals surface area contributed by atoms with Gasteiger partial charge in [0.15, 0.2) is 5.75 Å². The van der Waals surface area contributed by atoms with E-state index in [1.807, 2.05) is 0 Å². The van der Waals surface area contributed by atoms with Gasteiger partial charge < -0.3 is 10.1 Å². The first kappa shape index (κ1) is 12.7. The van der Waals surface area contributed by atoms with Crippen molar-refractivity contribution >= 4 is 11.6 Å². The van der Waals surface area contributed by atoms with Gasteiger partial charge in [0.05, 0.1) is 17.3 Å². The van der Waals surface area contributed by atoms with Crippen LogP contribution < -0.4 is 10.1 Å². The van der Waals surface area contributed by atoms with Crippen molar-refractivity contribution in [1.29, 1.82) is 0 Å². The smallest absolute Gasteiger partial charge is 0.352 e. The quantitative estimate of drug-likeness (QED) is 0.654. The minimum atomic E-state index is -0.569. The molecule has 0 spiro atoms. The molecule has 0 atom stereocenters. The highest BCUT2D eigenvalue weighted by Crippen LogP contribution is 2.31. The van der Waals surface area contributed by atoms with E-state index in [1.165, 1.54) is 17.8 Å². The van der Waals surface area contributed by atoms with Crippen molar-refractivity contribution in [2.45, 2.75) is 6.92 Å². The van der Waals surface area contributed by atoms with Crippen LogP contribution in [0, 0.1) is 17.0 Å². The molecule has 0 saturated heterocycles. The lowest BCUT2D eigenvalue weighted by Crippen LogP contribution is -2.05. The second-order valence-electron chi connectivity index (χ2n) is 3.75. The molecule has 0 aliphatic rings. The number of rotatable bonds is 4. The molecule has 2 aromatic heterocycles. The first-order valence-corrected chi connectivity index (χ1v) is 5.38. The van der Waals surface area contributed by atoms with E-state index in [0.29, 0.717) is 5.75 Å². The summed E-state index contributed by atoms with van der Waals surface area (Å²) in [5.41, 5.74) is -0.0360. The van der Waals surface area contributed by atoms with E-state index in [2.05, 4.69) is 20.4 Å². The first-order chi connectivity index (χ1) is 9.01. The molecule has 1 N–H and O–H groups in total. The van der Waals surface area contributed by atoms with Crippen molar-refractivity contribution < 1.29 is 9.66 Å². The Morgan fingerprint density at radius 1 is 1.47 bits per heavy atom. The van der Waals surface area contributed by atoms with Crippen LogP contribution in [0.3, 0.4) is 0 Å². The van der Waals surface area contributed by atoms with Gasteiger partial charge in [-0.2, -0.15) is 10.1 Å². The third-order valence-corrected chi connectivity index (χ3v) is 2.33. The fourth-order valence-electron chi connectivity index (χ4n) is 1.50. The first-order valence-electron chi connectivity index (χ1n) is 5.38. The minimum Gasteiger partial charge on any atom is -0.430 e. The monoisotopic (exact) mass is 264 g/mol. The van der Waals surface area contributed by atoms with Crippen molar-refractivity contribution in [1.82, 2.24) is 19.7 Å². The molecule has 0 aliphatic carbocycles. The molecule has 0 radical (unpaired) electrons. The predicted octanol–water partition coefficient (Wildman–Crippen LogP) is 1.26. The summed E-state index contributed by atoms with van der Waals surface area (Å²) in [5, 5.41) is 17.7. The molecule has 0 aromatic carbocycles. The molecule has 19 heavy (non-hydrogen) atoms. The van der Waals surface area contributed by atoms with Gasteiger partial charge in [0.1, 0.15) is 5.69 Å². The van der Waals surface area contributed by atoms with Crippen molar-refractivity contribution in [3.05, 3.63) is 28.2 Å². The molecular weight excluding hydrogens is 252 g/mol. The number of nitrogens with one attached hydrogen (secondary N) is 1. The molecule has 9 heteroatoms. The zero-order valence-electron chi connectivity index (χ0n) is 10.6. The topological polar surface area (TPSA) is 108 Å². The zero-order valence-corrected chi connectivity index (χ0v) is 10.6. The van der Waals surface area contributed by atoms with Crippen LogP contribution in [0.5, 0.6) is 11.6 Å². The highest BCUT2D eigenvalue weighted by Gasteiger charge is 2.24. The summed E-state index contributed by atoms with van der Waals surface area (Å²) in [4.78, 5) is 18.4. The van der Waals surface area contributed by atoms with Gasteiger partial charge in [0.25, 0.3) is 0 Å². The number of hydrogen-bond acceptors (Lipinski definition) is 7. The van der Waals surface area contributed by atoms with Crippen molar-refractivity contribution in [3.63, 3.8) is 0 Å². The van der Waals surface area contributed by atoms with Gasteiger partial charge in [-0.15, -0.1) is 0 Å². The maximum Gasteiger partial charge on any atom is 0.352 e.